The van der Waals surface area contributed by atoms with Crippen molar-refractivity contribution < 1.29 is 9.59 Å². The van der Waals surface area contributed by atoms with Gasteiger partial charge in [0.2, 0.25) is 0 Å². The number of benzene rings is 1. The van der Waals surface area contributed by atoms with Gasteiger partial charge in [0.15, 0.2) is 0 Å². The number of halogens is 1. The Morgan fingerprint density at radius 3 is 2.69 bits per heavy atom. The first-order valence-corrected chi connectivity index (χ1v) is 4.24. The fourth-order valence-corrected chi connectivity index (χ4v) is 1.30. The molecule has 0 aromatic heterocycles. The molecule has 1 rings (SSSR count). The number of carbonyl (C=O) groups excluding carboxylic acids is 2. The predicted molar refractivity (Wildman–Crippen MR) is 51.2 cm³/mol. The summed E-state index contributed by atoms with van der Waals surface area (Å²) in [6.45, 7) is 1.50. The van der Waals surface area contributed by atoms with Crippen LogP contribution >= 0.6 is 11.6 Å². The smallest absolute Gasteiger partial charge is 0.150 e. The minimum absolute atomic E-state index is 0.0563. The minimum Gasteiger partial charge on any atom is -0.300 e. The van der Waals surface area contributed by atoms with Gasteiger partial charge in [-0.3, -0.25) is 9.59 Å². The van der Waals surface area contributed by atoms with Crippen molar-refractivity contribution in [3.63, 3.8) is 0 Å². The topological polar surface area (TPSA) is 34.1 Å². The Balaban J connectivity index is 2.98. The van der Waals surface area contributed by atoms with E-state index in [9.17, 15) is 9.59 Å². The van der Waals surface area contributed by atoms with E-state index < -0.39 is 0 Å². The van der Waals surface area contributed by atoms with Crippen molar-refractivity contribution in [2.24, 2.45) is 0 Å². The van der Waals surface area contributed by atoms with Gasteiger partial charge in [0.1, 0.15) is 12.1 Å². The Hall–Kier alpha value is -1.15. The van der Waals surface area contributed by atoms with Gasteiger partial charge in [-0.2, -0.15) is 0 Å². The van der Waals surface area contributed by atoms with Crippen LogP contribution in [0.3, 0.4) is 0 Å². The van der Waals surface area contributed by atoms with E-state index in [1.165, 1.54) is 6.92 Å². The summed E-state index contributed by atoms with van der Waals surface area (Å²) in [7, 11) is 0. The average molecular weight is 197 g/mol. The van der Waals surface area contributed by atoms with E-state index in [-0.39, 0.29) is 5.78 Å². The van der Waals surface area contributed by atoms with Crippen molar-refractivity contribution in [1.29, 1.82) is 0 Å². The molecule has 0 radical (unpaired) electrons. The molecule has 0 saturated heterocycles. The Labute approximate surface area is 81.5 Å². The molecule has 0 aliphatic carbocycles. The van der Waals surface area contributed by atoms with Gasteiger partial charge < -0.3 is 0 Å². The van der Waals surface area contributed by atoms with E-state index in [0.717, 1.165) is 11.8 Å². The zero-order chi connectivity index (χ0) is 9.84. The van der Waals surface area contributed by atoms with Crippen LogP contribution in [0.1, 0.15) is 22.8 Å². The molecule has 0 saturated carbocycles. The Kier molecular flexibility index (Phi) is 3.20. The quantitative estimate of drug-likeness (QED) is 0.696. The molecule has 68 valence electrons. The molecule has 0 atom stereocenters. The third kappa shape index (κ3) is 2.67. The number of ketones is 1. The molecule has 2 nitrogen and oxygen atoms in total. The second kappa shape index (κ2) is 4.19. The van der Waals surface area contributed by atoms with Crippen molar-refractivity contribution >= 4 is 23.7 Å². The SMILES string of the molecule is CC(=O)Cc1ccc(C=O)cc1Cl. The van der Waals surface area contributed by atoms with Gasteiger partial charge in [0.05, 0.1) is 0 Å². The third-order valence-electron chi connectivity index (χ3n) is 1.65. The van der Waals surface area contributed by atoms with Gasteiger partial charge in [0, 0.05) is 17.0 Å². The maximum Gasteiger partial charge on any atom is 0.150 e. The number of Topliss-reactive ketones (excluding diaryl/α,β-unsaturated/α-hetero) is 1. The van der Waals surface area contributed by atoms with Crippen LogP contribution in [0.15, 0.2) is 18.2 Å². The Morgan fingerprint density at radius 1 is 1.54 bits per heavy atom. The lowest BCUT2D eigenvalue weighted by molar-refractivity contribution is -0.116. The Bertz CT molecular complexity index is 345. The zero-order valence-corrected chi connectivity index (χ0v) is 7.97. The molecule has 1 aromatic rings. The summed E-state index contributed by atoms with van der Waals surface area (Å²) in [5.41, 5.74) is 1.29. The largest absolute Gasteiger partial charge is 0.300 e. The first-order valence-electron chi connectivity index (χ1n) is 3.86. The van der Waals surface area contributed by atoms with Gasteiger partial charge in [-0.25, -0.2) is 0 Å². The summed E-state index contributed by atoms with van der Waals surface area (Å²) in [5.74, 6) is 0.0563. The summed E-state index contributed by atoms with van der Waals surface area (Å²) in [6.07, 6.45) is 1.04. The molecule has 0 aliphatic rings. The molecule has 0 spiro atoms. The van der Waals surface area contributed by atoms with Crippen molar-refractivity contribution in [3.8, 4) is 0 Å². The normalized spacial score (nSPS) is 9.69. The van der Waals surface area contributed by atoms with E-state index in [4.69, 9.17) is 11.6 Å². The maximum atomic E-state index is 10.8. The van der Waals surface area contributed by atoms with E-state index in [1.807, 2.05) is 0 Å². The summed E-state index contributed by atoms with van der Waals surface area (Å²) in [5, 5.41) is 0.472. The van der Waals surface area contributed by atoms with Gasteiger partial charge in [-0.15, -0.1) is 0 Å². The first kappa shape index (κ1) is 9.93. The lowest BCUT2D eigenvalue weighted by Gasteiger charge is -2.01. The van der Waals surface area contributed by atoms with Crippen LogP contribution in [0.4, 0.5) is 0 Å². The summed E-state index contributed by atoms with van der Waals surface area (Å²) >= 11 is 5.84. The third-order valence-corrected chi connectivity index (χ3v) is 2.00. The van der Waals surface area contributed by atoms with Gasteiger partial charge in [-0.1, -0.05) is 23.7 Å². The minimum atomic E-state index is 0.0563. The lowest BCUT2D eigenvalue weighted by atomic mass is 10.1. The highest BCUT2D eigenvalue weighted by molar-refractivity contribution is 6.31. The van der Waals surface area contributed by atoms with Crippen LogP contribution in [-0.2, 0) is 11.2 Å². The van der Waals surface area contributed by atoms with Gasteiger partial charge in [-0.05, 0) is 18.6 Å². The molecule has 13 heavy (non-hydrogen) atoms. The van der Waals surface area contributed by atoms with Crippen molar-refractivity contribution in [2.45, 2.75) is 13.3 Å². The number of rotatable bonds is 3. The standard InChI is InChI=1S/C10H9ClO2/c1-7(13)4-9-3-2-8(6-12)5-10(9)11/h2-3,5-6H,4H2,1H3. The number of carbonyl (C=O) groups is 2. The van der Waals surface area contributed by atoms with Crippen LogP contribution in [0, 0.1) is 0 Å². The lowest BCUT2D eigenvalue weighted by Crippen LogP contribution is -1.97. The molecular weight excluding hydrogens is 188 g/mol. The molecule has 0 aliphatic heterocycles. The summed E-state index contributed by atoms with van der Waals surface area (Å²) in [6, 6.07) is 4.91. The predicted octanol–water partition coefficient (Wildman–Crippen LogP) is 2.28. The van der Waals surface area contributed by atoms with E-state index in [2.05, 4.69) is 0 Å². The van der Waals surface area contributed by atoms with Gasteiger partial charge in [0.25, 0.3) is 0 Å². The molecule has 0 unspecified atom stereocenters. The highest BCUT2D eigenvalue weighted by Gasteiger charge is 2.03. The van der Waals surface area contributed by atoms with Gasteiger partial charge >= 0.3 is 0 Å². The molecule has 3 heteroatoms. The molecule has 0 N–H and O–H groups in total. The molecule has 0 bridgehead atoms. The summed E-state index contributed by atoms with van der Waals surface area (Å²) < 4.78 is 0. The number of hydrogen-bond acceptors (Lipinski definition) is 2. The number of hydrogen-bond donors (Lipinski definition) is 0. The fourth-order valence-electron chi connectivity index (χ4n) is 1.05. The van der Waals surface area contributed by atoms with Crippen LogP contribution in [0.25, 0.3) is 0 Å². The molecule has 1 aromatic carbocycles. The molecule has 0 amide bonds. The molecule has 0 heterocycles. The molecular formula is C10H9ClO2. The zero-order valence-electron chi connectivity index (χ0n) is 7.21. The highest BCUT2D eigenvalue weighted by Crippen LogP contribution is 2.17. The van der Waals surface area contributed by atoms with Crippen LogP contribution < -0.4 is 0 Å². The Morgan fingerprint density at radius 2 is 2.23 bits per heavy atom. The summed E-state index contributed by atoms with van der Waals surface area (Å²) in [4.78, 5) is 21.2. The van der Waals surface area contributed by atoms with E-state index in [1.54, 1.807) is 18.2 Å². The second-order valence-corrected chi connectivity index (χ2v) is 3.25. The average Bonchev–Trinajstić information content (AvgIpc) is 2.08. The van der Waals surface area contributed by atoms with Crippen LogP contribution in [0.2, 0.25) is 5.02 Å². The maximum absolute atomic E-state index is 10.8. The van der Waals surface area contributed by atoms with Crippen molar-refractivity contribution in [3.05, 3.63) is 34.3 Å². The van der Waals surface area contributed by atoms with Crippen molar-refractivity contribution in [2.75, 3.05) is 0 Å². The monoisotopic (exact) mass is 196 g/mol. The fraction of sp³-hybridized carbons (Fsp3) is 0.200. The number of aldehydes is 1. The van der Waals surface area contributed by atoms with Crippen LogP contribution in [-0.4, -0.2) is 12.1 Å². The highest BCUT2D eigenvalue weighted by atomic mass is 35.5. The second-order valence-electron chi connectivity index (χ2n) is 2.85. The van der Waals surface area contributed by atoms with E-state index in [0.29, 0.717) is 17.0 Å². The van der Waals surface area contributed by atoms with E-state index >= 15 is 0 Å². The first-order chi connectivity index (χ1) is 6.13. The van der Waals surface area contributed by atoms with Crippen LogP contribution in [0.5, 0.6) is 0 Å². The van der Waals surface area contributed by atoms with Crippen molar-refractivity contribution in [1.82, 2.24) is 0 Å². The molecule has 0 fully saturated rings.